The van der Waals surface area contributed by atoms with Crippen molar-refractivity contribution < 1.29 is 19.4 Å². The minimum Gasteiger partial charge on any atom is -0.505 e. The van der Waals surface area contributed by atoms with Gasteiger partial charge in [-0.3, -0.25) is 0 Å². The zero-order valence-electron chi connectivity index (χ0n) is 12.5. The van der Waals surface area contributed by atoms with Gasteiger partial charge in [0.25, 0.3) is 0 Å². The molecule has 0 saturated heterocycles. The topological polar surface area (TPSA) is 68.7 Å². The molecule has 0 aliphatic carbocycles. The minimum atomic E-state index is -0.642. The van der Waals surface area contributed by atoms with Gasteiger partial charge in [-0.25, -0.2) is 9.78 Å². The summed E-state index contributed by atoms with van der Waals surface area (Å²) in [6.45, 7) is 1.92. The van der Waals surface area contributed by atoms with Crippen LogP contribution in [0.15, 0.2) is 54.7 Å². The number of aromatic nitrogens is 1. The zero-order valence-corrected chi connectivity index (χ0v) is 12.5. The molecule has 2 aromatic carbocycles. The van der Waals surface area contributed by atoms with Crippen LogP contribution in [0, 0.1) is 0 Å². The smallest absolute Gasteiger partial charge is 0.360 e. The van der Waals surface area contributed by atoms with Crippen molar-refractivity contribution in [2.45, 2.75) is 6.92 Å². The molecule has 0 amide bonds. The van der Waals surface area contributed by atoms with Gasteiger partial charge in [-0.15, -0.1) is 0 Å². The highest BCUT2D eigenvalue weighted by atomic mass is 16.5. The number of carbonyl (C=O) groups is 1. The van der Waals surface area contributed by atoms with E-state index in [9.17, 15) is 9.90 Å². The van der Waals surface area contributed by atoms with Gasteiger partial charge in [-0.1, -0.05) is 18.2 Å². The molecule has 3 aromatic rings. The quantitative estimate of drug-likeness (QED) is 0.740. The van der Waals surface area contributed by atoms with E-state index in [1.807, 2.05) is 30.3 Å². The van der Waals surface area contributed by atoms with Crippen LogP contribution in [0.25, 0.3) is 10.8 Å². The first kappa shape index (κ1) is 14.8. The second-order valence-corrected chi connectivity index (χ2v) is 4.84. The molecule has 0 spiro atoms. The standard InChI is InChI=1S/C18H15NO4/c1-2-22-18(21)16-17(20)15-9-8-14(10-12(15)11-19-16)23-13-6-4-3-5-7-13/h3-11,20H,2H2,1H3. The van der Waals surface area contributed by atoms with Crippen molar-refractivity contribution >= 4 is 16.7 Å². The molecular formula is C18H15NO4. The molecule has 0 atom stereocenters. The maximum atomic E-state index is 11.7. The van der Waals surface area contributed by atoms with Gasteiger partial charge >= 0.3 is 5.97 Å². The van der Waals surface area contributed by atoms with Crippen LogP contribution in [0.5, 0.6) is 17.2 Å². The van der Waals surface area contributed by atoms with Gasteiger partial charge in [0.2, 0.25) is 0 Å². The first-order valence-electron chi connectivity index (χ1n) is 7.21. The summed E-state index contributed by atoms with van der Waals surface area (Å²) in [6.07, 6.45) is 1.51. The fourth-order valence-corrected chi connectivity index (χ4v) is 2.22. The average molecular weight is 309 g/mol. The lowest BCUT2D eigenvalue weighted by Crippen LogP contribution is -2.07. The molecule has 3 rings (SSSR count). The number of para-hydroxylation sites is 1. The molecule has 0 aliphatic heterocycles. The lowest BCUT2D eigenvalue weighted by molar-refractivity contribution is 0.0516. The van der Waals surface area contributed by atoms with Crippen molar-refractivity contribution in [1.29, 1.82) is 0 Å². The number of hydrogen-bond donors (Lipinski definition) is 1. The molecule has 1 heterocycles. The number of rotatable bonds is 4. The van der Waals surface area contributed by atoms with Gasteiger partial charge in [-0.05, 0) is 37.3 Å². The minimum absolute atomic E-state index is 0.0870. The molecule has 23 heavy (non-hydrogen) atoms. The summed E-state index contributed by atoms with van der Waals surface area (Å²) in [7, 11) is 0. The largest absolute Gasteiger partial charge is 0.505 e. The molecule has 0 radical (unpaired) electrons. The number of carbonyl (C=O) groups excluding carboxylic acids is 1. The van der Waals surface area contributed by atoms with E-state index in [1.165, 1.54) is 6.20 Å². The highest BCUT2D eigenvalue weighted by molar-refractivity contribution is 5.99. The number of nitrogens with zero attached hydrogens (tertiary/aromatic N) is 1. The maximum absolute atomic E-state index is 11.7. The lowest BCUT2D eigenvalue weighted by Gasteiger charge is -2.09. The average Bonchev–Trinajstić information content (AvgIpc) is 2.56. The molecule has 1 N–H and O–H groups in total. The molecule has 0 aliphatic rings. The van der Waals surface area contributed by atoms with Crippen molar-refractivity contribution in [2.24, 2.45) is 0 Å². The number of hydrogen-bond acceptors (Lipinski definition) is 5. The second kappa shape index (κ2) is 6.36. The number of esters is 1. The van der Waals surface area contributed by atoms with E-state index < -0.39 is 5.97 Å². The Balaban J connectivity index is 1.95. The van der Waals surface area contributed by atoms with Gasteiger partial charge in [0.15, 0.2) is 11.4 Å². The Kier molecular flexibility index (Phi) is 4.10. The number of aromatic hydroxyl groups is 1. The SMILES string of the molecule is CCOC(=O)c1ncc2cc(Oc3ccccc3)ccc2c1O. The summed E-state index contributed by atoms with van der Waals surface area (Å²) >= 11 is 0. The van der Waals surface area contributed by atoms with E-state index in [1.54, 1.807) is 25.1 Å². The molecule has 0 bridgehead atoms. The predicted molar refractivity (Wildman–Crippen MR) is 85.9 cm³/mol. The fraction of sp³-hybridized carbons (Fsp3) is 0.111. The van der Waals surface area contributed by atoms with Gasteiger partial charge < -0.3 is 14.6 Å². The third-order valence-electron chi connectivity index (χ3n) is 3.28. The van der Waals surface area contributed by atoms with Crippen molar-refractivity contribution in [1.82, 2.24) is 4.98 Å². The normalized spacial score (nSPS) is 10.5. The van der Waals surface area contributed by atoms with Crippen LogP contribution >= 0.6 is 0 Å². The van der Waals surface area contributed by atoms with Gasteiger partial charge in [0.05, 0.1) is 6.61 Å². The van der Waals surface area contributed by atoms with Crippen LogP contribution < -0.4 is 4.74 Å². The fourth-order valence-electron chi connectivity index (χ4n) is 2.22. The predicted octanol–water partition coefficient (Wildman–Crippen LogP) is 3.91. The van der Waals surface area contributed by atoms with E-state index in [0.717, 1.165) is 0 Å². The van der Waals surface area contributed by atoms with Crippen LogP contribution in [-0.2, 0) is 4.74 Å². The van der Waals surface area contributed by atoms with Crippen LogP contribution in [-0.4, -0.2) is 22.7 Å². The second-order valence-electron chi connectivity index (χ2n) is 4.84. The molecule has 5 nitrogen and oxygen atoms in total. The van der Waals surface area contributed by atoms with Crippen LogP contribution in [0.3, 0.4) is 0 Å². The number of benzene rings is 2. The Labute approximate surface area is 133 Å². The molecule has 1 aromatic heterocycles. The molecule has 5 heteroatoms. The highest BCUT2D eigenvalue weighted by Gasteiger charge is 2.17. The molecule has 116 valence electrons. The Morgan fingerprint density at radius 1 is 1.13 bits per heavy atom. The summed E-state index contributed by atoms with van der Waals surface area (Å²) in [5.41, 5.74) is -0.0870. The van der Waals surface area contributed by atoms with Crippen LogP contribution in [0.1, 0.15) is 17.4 Å². The zero-order chi connectivity index (χ0) is 16.2. The van der Waals surface area contributed by atoms with Crippen molar-refractivity contribution in [3.05, 3.63) is 60.4 Å². The van der Waals surface area contributed by atoms with E-state index in [4.69, 9.17) is 9.47 Å². The monoisotopic (exact) mass is 309 g/mol. The molecule has 0 fully saturated rings. The first-order chi connectivity index (χ1) is 11.2. The lowest BCUT2D eigenvalue weighted by atomic mass is 10.1. The van der Waals surface area contributed by atoms with Gasteiger partial charge in [0, 0.05) is 17.0 Å². The van der Waals surface area contributed by atoms with E-state index in [-0.39, 0.29) is 18.1 Å². The van der Waals surface area contributed by atoms with E-state index >= 15 is 0 Å². The van der Waals surface area contributed by atoms with Crippen molar-refractivity contribution in [2.75, 3.05) is 6.61 Å². The highest BCUT2D eigenvalue weighted by Crippen LogP contribution is 2.31. The van der Waals surface area contributed by atoms with E-state index in [0.29, 0.717) is 22.3 Å². The molecule has 0 saturated carbocycles. The number of fused-ring (bicyclic) bond motifs is 1. The summed E-state index contributed by atoms with van der Waals surface area (Å²) in [5, 5.41) is 11.4. The maximum Gasteiger partial charge on any atom is 0.360 e. The first-order valence-corrected chi connectivity index (χ1v) is 7.21. The third-order valence-corrected chi connectivity index (χ3v) is 3.28. The third kappa shape index (κ3) is 3.08. The van der Waals surface area contributed by atoms with Crippen LogP contribution in [0.4, 0.5) is 0 Å². The Morgan fingerprint density at radius 3 is 2.65 bits per heavy atom. The summed E-state index contributed by atoms with van der Waals surface area (Å²) in [5.74, 6) is 0.504. The van der Waals surface area contributed by atoms with Gasteiger partial charge in [0.1, 0.15) is 11.5 Å². The molecular weight excluding hydrogens is 294 g/mol. The van der Waals surface area contributed by atoms with Crippen molar-refractivity contribution in [3.63, 3.8) is 0 Å². The number of pyridine rings is 1. The Hall–Kier alpha value is -3.08. The summed E-state index contributed by atoms with van der Waals surface area (Å²) in [6, 6.07) is 14.5. The number of ether oxygens (including phenoxy) is 2. The Morgan fingerprint density at radius 2 is 1.91 bits per heavy atom. The van der Waals surface area contributed by atoms with E-state index in [2.05, 4.69) is 4.98 Å². The van der Waals surface area contributed by atoms with Crippen LogP contribution in [0.2, 0.25) is 0 Å². The summed E-state index contributed by atoms with van der Waals surface area (Å²) < 4.78 is 10.6. The molecule has 0 unspecified atom stereocenters. The van der Waals surface area contributed by atoms with Gasteiger partial charge in [-0.2, -0.15) is 0 Å². The Bertz CT molecular complexity index is 846. The van der Waals surface area contributed by atoms with Crippen molar-refractivity contribution in [3.8, 4) is 17.2 Å². The summed E-state index contributed by atoms with van der Waals surface area (Å²) in [4.78, 5) is 15.7.